The standard InChI is InChI=1S/C21H26N4O2/c1-13-18(23-12-22-13)21(26)25-11-16(15-5-3-4-6-17(15)27-2)20-19(25)14-7-9-24(20)10-8-14/h3-6,12,14,16,19-20H,7-11H2,1-2H3,(H,22,23)/t16-,19+,20+/m1/s1. The van der Waals surface area contributed by atoms with Crippen molar-refractivity contribution in [2.75, 3.05) is 26.7 Å². The summed E-state index contributed by atoms with van der Waals surface area (Å²) < 4.78 is 5.67. The molecular weight excluding hydrogens is 340 g/mol. The van der Waals surface area contributed by atoms with Crippen molar-refractivity contribution in [1.82, 2.24) is 19.8 Å². The molecule has 5 heterocycles. The van der Waals surface area contributed by atoms with Gasteiger partial charge in [-0.25, -0.2) is 4.98 Å². The molecule has 0 aliphatic carbocycles. The van der Waals surface area contributed by atoms with E-state index in [1.54, 1.807) is 13.4 Å². The van der Waals surface area contributed by atoms with Gasteiger partial charge in [-0.05, 0) is 44.8 Å². The number of aromatic nitrogens is 2. The van der Waals surface area contributed by atoms with Gasteiger partial charge in [0.15, 0.2) is 0 Å². The lowest BCUT2D eigenvalue weighted by Crippen LogP contribution is -2.60. The summed E-state index contributed by atoms with van der Waals surface area (Å²) >= 11 is 0. The van der Waals surface area contributed by atoms with Crippen molar-refractivity contribution >= 4 is 5.91 Å². The highest BCUT2D eigenvalue weighted by Crippen LogP contribution is 2.48. The quantitative estimate of drug-likeness (QED) is 0.906. The van der Waals surface area contributed by atoms with Crippen LogP contribution in [0.15, 0.2) is 30.6 Å². The third-order valence-electron chi connectivity index (χ3n) is 6.83. The average molecular weight is 366 g/mol. The number of amides is 1. The molecule has 27 heavy (non-hydrogen) atoms. The van der Waals surface area contributed by atoms with E-state index in [0.717, 1.165) is 31.1 Å². The number of hydrogen-bond acceptors (Lipinski definition) is 4. The molecule has 1 amide bonds. The summed E-state index contributed by atoms with van der Waals surface area (Å²) in [5.74, 6) is 1.85. The van der Waals surface area contributed by atoms with Crippen LogP contribution < -0.4 is 4.74 Å². The Morgan fingerprint density at radius 1 is 1.22 bits per heavy atom. The van der Waals surface area contributed by atoms with Crippen molar-refractivity contribution < 1.29 is 9.53 Å². The lowest BCUT2D eigenvalue weighted by atomic mass is 9.75. The van der Waals surface area contributed by atoms with Crippen LogP contribution in [-0.4, -0.2) is 64.5 Å². The van der Waals surface area contributed by atoms with Gasteiger partial charge in [0.1, 0.15) is 11.4 Å². The number of para-hydroxylation sites is 1. The van der Waals surface area contributed by atoms with Crippen LogP contribution in [0.5, 0.6) is 5.75 Å². The number of imidazole rings is 1. The van der Waals surface area contributed by atoms with E-state index in [1.165, 1.54) is 18.4 Å². The first-order valence-electron chi connectivity index (χ1n) is 9.87. The number of benzene rings is 1. The number of methoxy groups -OCH3 is 1. The highest BCUT2D eigenvalue weighted by atomic mass is 16.5. The highest BCUT2D eigenvalue weighted by molar-refractivity contribution is 5.94. The van der Waals surface area contributed by atoms with E-state index in [1.807, 2.05) is 19.1 Å². The molecule has 6 nitrogen and oxygen atoms in total. The SMILES string of the molecule is COc1ccccc1[C@H]1CN(C(=O)c2nc[nH]c2C)[C@H]2C3CCN(CC3)[C@@H]12. The van der Waals surface area contributed by atoms with Gasteiger partial charge in [-0.15, -0.1) is 0 Å². The minimum absolute atomic E-state index is 0.0647. The molecule has 1 aromatic heterocycles. The molecule has 4 fully saturated rings. The van der Waals surface area contributed by atoms with Gasteiger partial charge in [-0.1, -0.05) is 18.2 Å². The van der Waals surface area contributed by atoms with Crippen LogP contribution in [0.3, 0.4) is 0 Å². The van der Waals surface area contributed by atoms with Crippen molar-refractivity contribution in [3.8, 4) is 5.75 Å². The van der Waals surface area contributed by atoms with E-state index < -0.39 is 0 Å². The van der Waals surface area contributed by atoms with Crippen LogP contribution >= 0.6 is 0 Å². The molecule has 4 saturated heterocycles. The predicted molar refractivity (Wildman–Crippen MR) is 102 cm³/mol. The minimum atomic E-state index is 0.0647. The Labute approximate surface area is 159 Å². The van der Waals surface area contributed by atoms with E-state index >= 15 is 0 Å². The van der Waals surface area contributed by atoms with Gasteiger partial charge in [-0.2, -0.15) is 0 Å². The van der Waals surface area contributed by atoms with Crippen molar-refractivity contribution in [3.63, 3.8) is 0 Å². The lowest BCUT2D eigenvalue weighted by Gasteiger charge is -2.51. The summed E-state index contributed by atoms with van der Waals surface area (Å²) in [7, 11) is 1.73. The third-order valence-corrected chi connectivity index (χ3v) is 6.83. The Bertz CT molecular complexity index is 855. The van der Waals surface area contributed by atoms with Gasteiger partial charge < -0.3 is 14.6 Å². The van der Waals surface area contributed by atoms with Crippen LogP contribution in [0, 0.1) is 12.8 Å². The van der Waals surface area contributed by atoms with E-state index in [4.69, 9.17) is 4.74 Å². The Balaban J connectivity index is 1.56. The van der Waals surface area contributed by atoms with E-state index in [-0.39, 0.29) is 17.9 Å². The van der Waals surface area contributed by atoms with Crippen molar-refractivity contribution in [2.45, 2.75) is 37.8 Å². The highest BCUT2D eigenvalue weighted by Gasteiger charge is 2.55. The first-order valence-corrected chi connectivity index (χ1v) is 9.87. The molecule has 2 aromatic rings. The fraction of sp³-hybridized carbons (Fsp3) is 0.524. The molecular formula is C21H26N4O2. The number of H-pyrrole nitrogens is 1. The number of nitrogens with one attached hydrogen (secondary N) is 1. The van der Waals surface area contributed by atoms with E-state index in [0.29, 0.717) is 17.7 Å². The monoisotopic (exact) mass is 366 g/mol. The normalized spacial score (nSPS) is 31.8. The minimum Gasteiger partial charge on any atom is -0.496 e. The summed E-state index contributed by atoms with van der Waals surface area (Å²) in [5, 5.41) is 0. The van der Waals surface area contributed by atoms with E-state index in [2.05, 4.69) is 31.9 Å². The molecule has 4 aliphatic heterocycles. The molecule has 3 atom stereocenters. The van der Waals surface area contributed by atoms with Crippen molar-refractivity contribution in [1.29, 1.82) is 0 Å². The zero-order valence-electron chi connectivity index (χ0n) is 15.9. The van der Waals surface area contributed by atoms with Gasteiger partial charge in [0.05, 0.1) is 19.5 Å². The number of nitrogens with zero attached hydrogens (tertiary/aromatic N) is 3. The molecule has 6 rings (SSSR count). The summed E-state index contributed by atoms with van der Waals surface area (Å²) in [6, 6.07) is 8.92. The smallest absolute Gasteiger partial charge is 0.274 e. The Hall–Kier alpha value is -2.34. The number of hydrogen-bond donors (Lipinski definition) is 1. The summed E-state index contributed by atoms with van der Waals surface area (Å²) in [5.41, 5.74) is 2.63. The van der Waals surface area contributed by atoms with Gasteiger partial charge >= 0.3 is 0 Å². The number of ether oxygens (including phenoxy) is 1. The van der Waals surface area contributed by atoms with Crippen LogP contribution in [-0.2, 0) is 0 Å². The number of likely N-dealkylation sites (tertiary alicyclic amines) is 1. The lowest BCUT2D eigenvalue weighted by molar-refractivity contribution is -0.00368. The van der Waals surface area contributed by atoms with Gasteiger partial charge in [0, 0.05) is 29.8 Å². The first kappa shape index (κ1) is 16.8. The zero-order valence-corrected chi connectivity index (χ0v) is 15.9. The largest absolute Gasteiger partial charge is 0.496 e. The molecule has 0 unspecified atom stereocenters. The molecule has 4 aliphatic rings. The van der Waals surface area contributed by atoms with Gasteiger partial charge in [0.25, 0.3) is 5.91 Å². The number of piperidine rings is 3. The second-order valence-electron chi connectivity index (χ2n) is 8.04. The van der Waals surface area contributed by atoms with Gasteiger partial charge in [-0.3, -0.25) is 9.69 Å². The number of rotatable bonds is 3. The Morgan fingerprint density at radius 3 is 2.70 bits per heavy atom. The molecule has 142 valence electrons. The van der Waals surface area contributed by atoms with Crippen LogP contribution in [0.1, 0.15) is 40.5 Å². The predicted octanol–water partition coefficient (Wildman–Crippen LogP) is 2.43. The first-order chi connectivity index (χ1) is 13.2. The van der Waals surface area contributed by atoms with Crippen LogP contribution in [0.2, 0.25) is 0 Å². The summed E-state index contributed by atoms with van der Waals surface area (Å²) in [4.78, 5) is 25.5. The Kier molecular flexibility index (Phi) is 3.97. The maximum absolute atomic E-state index is 13.4. The number of carbonyl (C=O) groups is 1. The van der Waals surface area contributed by atoms with E-state index in [9.17, 15) is 4.79 Å². The summed E-state index contributed by atoms with van der Waals surface area (Å²) in [6.45, 7) is 4.93. The summed E-state index contributed by atoms with van der Waals surface area (Å²) in [6.07, 6.45) is 3.98. The van der Waals surface area contributed by atoms with Crippen molar-refractivity contribution in [2.24, 2.45) is 5.92 Å². The molecule has 1 aromatic carbocycles. The number of aryl methyl sites for hydroxylation is 1. The third kappa shape index (κ3) is 2.50. The average Bonchev–Trinajstić information content (AvgIpc) is 3.33. The number of aromatic amines is 1. The van der Waals surface area contributed by atoms with Crippen LogP contribution in [0.25, 0.3) is 0 Å². The van der Waals surface area contributed by atoms with Crippen LogP contribution in [0.4, 0.5) is 0 Å². The fourth-order valence-electron chi connectivity index (χ4n) is 5.61. The second kappa shape index (κ2) is 6.37. The maximum Gasteiger partial charge on any atom is 0.274 e. The maximum atomic E-state index is 13.4. The number of fused-ring (bicyclic) bond motifs is 2. The van der Waals surface area contributed by atoms with Gasteiger partial charge in [0.2, 0.25) is 0 Å². The second-order valence-corrected chi connectivity index (χ2v) is 8.04. The fourth-order valence-corrected chi connectivity index (χ4v) is 5.61. The topological polar surface area (TPSA) is 61.5 Å². The Morgan fingerprint density at radius 2 is 2.00 bits per heavy atom. The molecule has 0 radical (unpaired) electrons. The zero-order chi connectivity index (χ0) is 18.5. The molecule has 0 saturated carbocycles. The molecule has 1 N–H and O–H groups in total. The number of carbonyl (C=O) groups excluding carboxylic acids is 1. The molecule has 2 bridgehead atoms. The van der Waals surface area contributed by atoms with Crippen molar-refractivity contribution in [3.05, 3.63) is 47.5 Å². The molecule has 0 spiro atoms. The molecule has 6 heteroatoms.